The Labute approximate surface area is 320 Å². The molecule has 0 atom stereocenters. The van der Waals surface area contributed by atoms with Crippen LogP contribution in [-0.2, 0) is 25.9 Å². The number of thiocarbonyl (C=S) groups is 1. The normalized spacial score (nSPS) is 10.2. The number of halogens is 1. The second kappa shape index (κ2) is 19.6. The number of aromatic nitrogens is 6. The zero-order valence-corrected chi connectivity index (χ0v) is 31.4. The Morgan fingerprint density at radius 3 is 2.24 bits per heavy atom. The molecular weight excluding hydrogens is 791 g/mol. The summed E-state index contributed by atoms with van der Waals surface area (Å²) in [6, 6.07) is 23.9. The van der Waals surface area contributed by atoms with E-state index in [2.05, 4.69) is 61.4 Å². The molecule has 0 spiro atoms. The van der Waals surface area contributed by atoms with Crippen molar-refractivity contribution in [3.63, 3.8) is 0 Å². The van der Waals surface area contributed by atoms with E-state index in [1.165, 1.54) is 80.8 Å². The monoisotopic (exact) mass is 821 g/mol. The molecule has 14 heteroatoms. The number of thiophene rings is 2. The molecule has 0 unspecified atom stereocenters. The molecule has 0 aliphatic carbocycles. The first-order valence-corrected chi connectivity index (χ1v) is 17.7. The molecule has 0 saturated heterocycles. The molecule has 7 rings (SSSR count). The number of rotatable bonds is 10. The van der Waals surface area contributed by atoms with Gasteiger partial charge in [0.25, 0.3) is 0 Å². The van der Waals surface area contributed by atoms with Crippen LogP contribution in [0.2, 0.25) is 0 Å². The van der Waals surface area contributed by atoms with Crippen molar-refractivity contribution in [3.8, 4) is 44.6 Å². The van der Waals surface area contributed by atoms with Gasteiger partial charge in [-0.1, -0.05) is 56.2 Å². The van der Waals surface area contributed by atoms with E-state index < -0.39 is 11.9 Å². The van der Waals surface area contributed by atoms with Gasteiger partial charge in [0.15, 0.2) is 5.95 Å². The second-order valence-corrected chi connectivity index (χ2v) is 13.2. The summed E-state index contributed by atoms with van der Waals surface area (Å²) in [5, 5.41) is 24.7. The Morgan fingerprint density at radius 2 is 1.55 bits per heavy atom. The SMILES string of the molecule is CCCCCCc1cc2sc(-c3ccnc(-c4cc(F)n[n-]4)c3)cc2s1.O=C(O)c1ccnc(-c2cccc(-c3ccccn3)n2)c1.[N-]=C=S.[Ru+2]. The van der Waals surface area contributed by atoms with Crippen molar-refractivity contribution in [2.75, 3.05) is 0 Å². The Kier molecular flexibility index (Phi) is 15.0. The average Bonchev–Trinajstić information content (AvgIpc) is 3.87. The summed E-state index contributed by atoms with van der Waals surface area (Å²) in [4.78, 5) is 30.9. The Morgan fingerprint density at radius 1 is 0.843 bits per heavy atom. The van der Waals surface area contributed by atoms with E-state index in [-0.39, 0.29) is 25.0 Å². The topological polar surface area (TPSA) is 138 Å². The smallest absolute Gasteiger partial charge is 0.753 e. The maximum Gasteiger partial charge on any atom is 2.00 e. The summed E-state index contributed by atoms with van der Waals surface area (Å²) < 4.78 is 15.8. The van der Waals surface area contributed by atoms with E-state index in [9.17, 15) is 9.18 Å². The van der Waals surface area contributed by atoms with Crippen molar-refractivity contribution < 1.29 is 33.8 Å². The van der Waals surface area contributed by atoms with Crippen molar-refractivity contribution in [2.45, 2.75) is 39.0 Å². The molecule has 258 valence electrons. The van der Waals surface area contributed by atoms with Gasteiger partial charge in [0.1, 0.15) is 0 Å². The molecule has 0 fully saturated rings. The zero-order valence-electron chi connectivity index (χ0n) is 27.2. The molecule has 7 aromatic rings. The molecule has 0 bridgehead atoms. The molecule has 1 N–H and O–H groups in total. The maximum atomic E-state index is 13.1. The number of carboxylic acids is 1. The standard InChI is InChI=1S/C20H19FN3S2.C16H11N3O2.CNS.Ru/c1-2-3-4-5-6-14-10-18-19(25-14)12-17(26-18)13-7-8-22-15(9-13)16-11-20(21)24-23-16;20-16(21)11-7-9-18-15(10-11)14-6-3-5-13(19-14)12-4-1-2-8-17-12;2-1-3;/h7-12H,2-6H2,1H3;1-10H,(H,20,21);;/q-1;;-1;+2. The van der Waals surface area contributed by atoms with Crippen molar-refractivity contribution in [2.24, 2.45) is 0 Å². The third kappa shape index (κ3) is 10.9. The van der Waals surface area contributed by atoms with Gasteiger partial charge in [0.2, 0.25) is 0 Å². The minimum atomic E-state index is -0.987. The van der Waals surface area contributed by atoms with Gasteiger partial charge in [0.05, 0.1) is 34.0 Å². The van der Waals surface area contributed by atoms with Crippen LogP contribution < -0.4 is 5.10 Å². The zero-order chi connectivity index (χ0) is 35.3. The van der Waals surface area contributed by atoms with Gasteiger partial charge >= 0.3 is 25.4 Å². The number of aromatic carboxylic acids is 1. The van der Waals surface area contributed by atoms with Gasteiger partial charge in [-0.2, -0.15) is 9.55 Å². The minimum Gasteiger partial charge on any atom is -0.753 e. The molecule has 0 aliphatic rings. The van der Waals surface area contributed by atoms with Gasteiger partial charge in [-0.25, -0.2) is 9.78 Å². The number of fused-ring (bicyclic) bond motifs is 1. The summed E-state index contributed by atoms with van der Waals surface area (Å²) in [5.41, 5.74) is 4.99. The van der Waals surface area contributed by atoms with Crippen LogP contribution in [0.1, 0.15) is 47.8 Å². The molecule has 7 aromatic heterocycles. The molecule has 0 amide bonds. The van der Waals surface area contributed by atoms with Crippen molar-refractivity contribution in [3.05, 3.63) is 119 Å². The van der Waals surface area contributed by atoms with Crippen LogP contribution >= 0.6 is 34.9 Å². The van der Waals surface area contributed by atoms with Crippen molar-refractivity contribution >= 4 is 55.4 Å². The van der Waals surface area contributed by atoms with E-state index in [1.807, 2.05) is 53.8 Å². The molecule has 0 saturated carbocycles. The first-order valence-electron chi connectivity index (χ1n) is 15.6. The van der Waals surface area contributed by atoms with E-state index in [0.29, 0.717) is 22.8 Å². The quantitative estimate of drug-likeness (QED) is 0.0619. The van der Waals surface area contributed by atoms with Crippen LogP contribution in [0.3, 0.4) is 0 Å². The summed E-state index contributed by atoms with van der Waals surface area (Å²) in [5.74, 6) is -1.56. The van der Waals surface area contributed by atoms with Crippen molar-refractivity contribution in [1.29, 1.82) is 0 Å². The predicted octanol–water partition coefficient (Wildman–Crippen LogP) is 9.87. The number of nitrogens with zero attached hydrogens (tertiary/aromatic N) is 7. The molecule has 51 heavy (non-hydrogen) atoms. The van der Waals surface area contributed by atoms with Gasteiger partial charge in [0, 0.05) is 37.7 Å². The summed E-state index contributed by atoms with van der Waals surface area (Å²) in [7, 11) is 0. The van der Waals surface area contributed by atoms with Gasteiger partial charge in [-0.05, 0) is 85.1 Å². The minimum absolute atomic E-state index is 0. The molecule has 0 radical (unpaired) electrons. The van der Waals surface area contributed by atoms with E-state index in [4.69, 9.17) is 10.5 Å². The summed E-state index contributed by atoms with van der Waals surface area (Å²) in [6.07, 6.45) is 11.3. The number of pyridine rings is 4. The van der Waals surface area contributed by atoms with E-state index >= 15 is 0 Å². The molecule has 7 heterocycles. The van der Waals surface area contributed by atoms with Gasteiger partial charge in [-0.15, -0.1) is 22.7 Å². The molecule has 9 nitrogen and oxygen atoms in total. The number of hydrogen-bond acceptors (Lipinski definition) is 9. The predicted molar refractivity (Wildman–Crippen MR) is 201 cm³/mol. The molecular formula is C37H30FN7O2RuS3. The first kappa shape index (κ1) is 39.1. The Balaban J connectivity index is 0.000000213. The number of isothiocyanates is 1. The summed E-state index contributed by atoms with van der Waals surface area (Å²) in [6.45, 7) is 2.24. The average molecular weight is 821 g/mol. The van der Waals surface area contributed by atoms with Gasteiger partial charge in [-0.3, -0.25) is 15.0 Å². The van der Waals surface area contributed by atoms with Crippen LogP contribution in [0.15, 0.2) is 97.5 Å². The Bertz CT molecular complexity index is 2190. The molecule has 0 aromatic carbocycles. The Hall–Kier alpha value is -4.71. The number of hydrogen-bond donors (Lipinski definition) is 1. The second-order valence-electron chi connectivity index (χ2n) is 10.8. The van der Waals surface area contributed by atoms with Crippen LogP contribution in [0, 0.1) is 5.95 Å². The van der Waals surface area contributed by atoms with Crippen LogP contribution in [-0.4, -0.2) is 41.3 Å². The van der Waals surface area contributed by atoms with Crippen LogP contribution in [0.25, 0.3) is 59.4 Å². The van der Waals surface area contributed by atoms with E-state index in [1.54, 1.807) is 29.8 Å². The fraction of sp³-hybridized carbons (Fsp3) is 0.162. The fourth-order valence-electron chi connectivity index (χ4n) is 4.94. The number of carbonyl (C=O) groups is 1. The van der Waals surface area contributed by atoms with Crippen molar-refractivity contribution in [1.82, 2.24) is 30.1 Å². The molecule has 0 aliphatic heterocycles. The number of carboxylic acid groups (broad SMARTS) is 1. The van der Waals surface area contributed by atoms with E-state index in [0.717, 1.165) is 17.0 Å². The number of unbranched alkanes of at least 4 members (excludes halogenated alkanes) is 3. The van der Waals surface area contributed by atoms with Crippen LogP contribution in [0.4, 0.5) is 4.39 Å². The van der Waals surface area contributed by atoms with Crippen LogP contribution in [0.5, 0.6) is 0 Å². The largest absolute Gasteiger partial charge is 2.00 e. The summed E-state index contributed by atoms with van der Waals surface area (Å²) >= 11 is 7.39. The van der Waals surface area contributed by atoms with Gasteiger partial charge < -0.3 is 20.7 Å². The third-order valence-corrected chi connectivity index (χ3v) is 9.70. The maximum absolute atomic E-state index is 13.1. The number of aryl methyl sites for hydroxylation is 1. The first-order chi connectivity index (χ1) is 24.4. The third-order valence-electron chi connectivity index (χ3n) is 7.30. The fourth-order valence-corrected chi connectivity index (χ4v) is 7.40.